The van der Waals surface area contributed by atoms with Gasteiger partial charge in [-0.25, -0.2) is 8.51 Å². The minimum absolute atomic E-state index is 0.360. The summed E-state index contributed by atoms with van der Waals surface area (Å²) < 4.78 is 22.1. The van der Waals surface area contributed by atoms with Gasteiger partial charge in [-0.2, -0.15) is 0 Å². The molecule has 0 bridgehead atoms. The zero-order valence-corrected chi connectivity index (χ0v) is 21.0. The monoisotopic (exact) mass is 480 g/mol. The van der Waals surface area contributed by atoms with E-state index >= 15 is 0 Å². The van der Waals surface area contributed by atoms with E-state index in [0.717, 1.165) is 43.3 Å². The van der Waals surface area contributed by atoms with Crippen LogP contribution in [0, 0.1) is 6.92 Å². The Hall–Kier alpha value is -1.83. The Morgan fingerprint density at radius 1 is 1.03 bits per heavy atom. The molecule has 174 valence electrons. The summed E-state index contributed by atoms with van der Waals surface area (Å²) in [5, 5.41) is 2.01. The van der Waals surface area contributed by atoms with Crippen molar-refractivity contribution in [1.29, 1.82) is 0 Å². The molecular weight excluding hydrogens is 448 g/mol. The summed E-state index contributed by atoms with van der Waals surface area (Å²) in [6, 6.07) is 22.5. The normalized spacial score (nSPS) is 25.0. The molecule has 1 aromatic heterocycles. The van der Waals surface area contributed by atoms with Crippen LogP contribution in [0.3, 0.4) is 0 Å². The van der Waals surface area contributed by atoms with E-state index in [1.54, 1.807) is 18.4 Å². The molecule has 2 saturated heterocycles. The number of rotatable bonds is 6. The predicted octanol–water partition coefficient (Wildman–Crippen LogP) is 5.32. The van der Waals surface area contributed by atoms with Gasteiger partial charge < -0.3 is 4.74 Å². The van der Waals surface area contributed by atoms with Gasteiger partial charge >= 0.3 is 0 Å². The van der Waals surface area contributed by atoms with Crippen molar-refractivity contribution in [2.24, 2.45) is 0 Å². The largest absolute Gasteiger partial charge is 0.383 e. The molecule has 0 radical (unpaired) electrons. The van der Waals surface area contributed by atoms with Gasteiger partial charge in [-0.3, -0.25) is 4.90 Å². The Morgan fingerprint density at radius 2 is 1.85 bits per heavy atom. The van der Waals surface area contributed by atoms with Crippen LogP contribution >= 0.6 is 11.3 Å². The maximum absolute atomic E-state index is 13.3. The average Bonchev–Trinajstić information content (AvgIpc) is 3.35. The third-order valence-corrected chi connectivity index (χ3v) is 9.69. The van der Waals surface area contributed by atoms with Crippen LogP contribution in [0.2, 0.25) is 0 Å². The van der Waals surface area contributed by atoms with Crippen molar-refractivity contribution in [2.45, 2.75) is 42.0 Å². The Morgan fingerprint density at radius 3 is 2.58 bits per heavy atom. The highest BCUT2D eigenvalue weighted by molar-refractivity contribution is 7.85. The first kappa shape index (κ1) is 22.9. The molecule has 2 fully saturated rings. The number of hydrogen-bond acceptors (Lipinski definition) is 4. The van der Waals surface area contributed by atoms with Crippen LogP contribution in [0.15, 0.2) is 70.3 Å². The summed E-state index contributed by atoms with van der Waals surface area (Å²) >= 11 is 1.59. The van der Waals surface area contributed by atoms with E-state index in [0.29, 0.717) is 18.0 Å². The third kappa shape index (κ3) is 4.73. The topological polar surface area (TPSA) is 32.8 Å². The smallest absolute Gasteiger partial charge is 0.137 e. The number of aryl methyl sites for hydroxylation is 1. The lowest BCUT2D eigenvalue weighted by molar-refractivity contribution is -0.0631. The van der Waals surface area contributed by atoms with Crippen molar-refractivity contribution in [3.8, 4) is 11.1 Å². The standard InChI is InChI=1S/C27H32N2O2S2/c1-20-7-5-8-23(17-20)21-10-12-22(13-11-21)27-24-18-28(33(30)26-9-6-16-32-26)14-3-4-15-29(24)25(27)19-31-2/h5-13,16-17,24-25,27H,3-4,14-15,18-19H2,1-2H3/t24-,25+,27?,33?/m0/s1. The molecule has 0 saturated carbocycles. The fourth-order valence-electron chi connectivity index (χ4n) is 5.42. The molecule has 2 aliphatic rings. The van der Waals surface area contributed by atoms with Gasteiger partial charge in [0.1, 0.15) is 15.2 Å². The minimum atomic E-state index is -1.08. The van der Waals surface area contributed by atoms with Crippen molar-refractivity contribution >= 4 is 22.3 Å². The molecule has 2 aromatic carbocycles. The van der Waals surface area contributed by atoms with Crippen LogP contribution in [0.4, 0.5) is 0 Å². The first-order valence-electron chi connectivity index (χ1n) is 11.8. The molecule has 0 amide bonds. The van der Waals surface area contributed by atoms with Gasteiger partial charge in [-0.05, 0) is 54.4 Å². The van der Waals surface area contributed by atoms with Gasteiger partial charge in [0.25, 0.3) is 0 Å². The maximum atomic E-state index is 13.3. The van der Waals surface area contributed by atoms with Crippen LogP contribution < -0.4 is 0 Å². The lowest BCUT2D eigenvalue weighted by atomic mass is 9.74. The third-order valence-electron chi connectivity index (χ3n) is 7.03. The van der Waals surface area contributed by atoms with Crippen molar-refractivity contribution < 1.29 is 8.95 Å². The van der Waals surface area contributed by atoms with Gasteiger partial charge in [0, 0.05) is 38.2 Å². The summed E-state index contributed by atoms with van der Waals surface area (Å²) in [5.41, 5.74) is 5.14. The molecule has 3 heterocycles. The maximum Gasteiger partial charge on any atom is 0.137 e. The first-order chi connectivity index (χ1) is 16.2. The Balaban J connectivity index is 1.40. The summed E-state index contributed by atoms with van der Waals surface area (Å²) in [5.74, 6) is 0.387. The van der Waals surface area contributed by atoms with Crippen LogP contribution in [-0.4, -0.2) is 58.8 Å². The molecule has 0 aliphatic carbocycles. The molecule has 3 aromatic rings. The van der Waals surface area contributed by atoms with Crippen molar-refractivity contribution in [3.05, 3.63) is 77.2 Å². The molecule has 5 rings (SSSR count). The number of thiophene rings is 1. The minimum Gasteiger partial charge on any atom is -0.383 e. The molecule has 0 N–H and O–H groups in total. The molecule has 4 atom stereocenters. The number of hydrogen-bond donors (Lipinski definition) is 0. The van der Waals surface area contributed by atoms with Crippen molar-refractivity contribution in [1.82, 2.24) is 9.21 Å². The van der Waals surface area contributed by atoms with Gasteiger partial charge in [0.2, 0.25) is 0 Å². The number of fused-ring (bicyclic) bond motifs is 1. The molecule has 2 aliphatic heterocycles. The second-order valence-corrected chi connectivity index (χ2v) is 11.8. The second kappa shape index (κ2) is 10.2. The van der Waals surface area contributed by atoms with E-state index in [1.165, 1.54) is 22.3 Å². The van der Waals surface area contributed by atoms with Crippen LogP contribution in [0.25, 0.3) is 11.1 Å². The number of ether oxygens (including phenoxy) is 1. The van der Waals surface area contributed by atoms with Gasteiger partial charge in [-0.15, -0.1) is 11.3 Å². The Labute approximate surface area is 203 Å². The van der Waals surface area contributed by atoms with E-state index in [2.05, 4.69) is 64.7 Å². The predicted molar refractivity (Wildman–Crippen MR) is 137 cm³/mol. The zero-order valence-electron chi connectivity index (χ0n) is 19.4. The number of benzene rings is 2. The Kier molecular flexibility index (Phi) is 7.09. The summed E-state index contributed by atoms with van der Waals surface area (Å²) in [6.07, 6.45) is 2.21. The molecular formula is C27H32N2O2S2. The number of methoxy groups -OCH3 is 1. The van der Waals surface area contributed by atoms with Crippen molar-refractivity contribution in [3.63, 3.8) is 0 Å². The van der Waals surface area contributed by atoms with Gasteiger partial charge in [-0.1, -0.05) is 60.2 Å². The van der Waals surface area contributed by atoms with Gasteiger partial charge in [0.15, 0.2) is 0 Å². The molecule has 6 heteroatoms. The van der Waals surface area contributed by atoms with Crippen LogP contribution in [0.1, 0.15) is 29.9 Å². The highest BCUT2D eigenvalue weighted by Crippen LogP contribution is 2.43. The lowest BCUT2D eigenvalue weighted by Gasteiger charge is -2.57. The van der Waals surface area contributed by atoms with E-state index in [1.807, 2.05) is 17.5 Å². The second-order valence-electron chi connectivity index (χ2n) is 9.12. The fraction of sp³-hybridized carbons (Fsp3) is 0.407. The van der Waals surface area contributed by atoms with Gasteiger partial charge in [0.05, 0.1) is 6.61 Å². The highest BCUT2D eigenvalue weighted by Gasteiger charge is 2.49. The van der Waals surface area contributed by atoms with Crippen molar-refractivity contribution in [2.75, 3.05) is 33.4 Å². The summed E-state index contributed by atoms with van der Waals surface area (Å²) in [7, 11) is 0.716. The van der Waals surface area contributed by atoms with E-state index in [9.17, 15) is 4.21 Å². The highest BCUT2D eigenvalue weighted by atomic mass is 32.2. The van der Waals surface area contributed by atoms with E-state index in [4.69, 9.17) is 4.74 Å². The fourth-order valence-corrected chi connectivity index (χ4v) is 7.72. The zero-order chi connectivity index (χ0) is 22.8. The van der Waals surface area contributed by atoms with Crippen LogP contribution in [-0.2, 0) is 15.7 Å². The summed E-state index contributed by atoms with van der Waals surface area (Å²) in [4.78, 5) is 2.60. The Bertz CT molecular complexity index is 1080. The molecule has 2 unspecified atom stereocenters. The van der Waals surface area contributed by atoms with E-state index in [-0.39, 0.29) is 0 Å². The lowest BCUT2D eigenvalue weighted by Crippen LogP contribution is -2.67. The first-order valence-corrected chi connectivity index (χ1v) is 13.8. The molecule has 33 heavy (non-hydrogen) atoms. The SMILES string of the molecule is COC[C@@H]1C(c2ccc(-c3cccc(C)c3)cc2)[C@@H]2CN(S(=O)c3cccs3)CCCCN12. The van der Waals surface area contributed by atoms with E-state index < -0.39 is 11.0 Å². The molecule has 0 spiro atoms. The molecule has 4 nitrogen and oxygen atoms in total. The quantitative estimate of drug-likeness (QED) is 0.478. The summed E-state index contributed by atoms with van der Waals surface area (Å²) in [6.45, 7) is 5.68. The van der Waals surface area contributed by atoms with Crippen LogP contribution in [0.5, 0.6) is 0 Å². The number of nitrogens with zero attached hydrogens (tertiary/aromatic N) is 2. The average molecular weight is 481 g/mol.